The molecule has 0 fully saturated rings. The van der Waals surface area contributed by atoms with E-state index in [2.05, 4.69) is 18.3 Å². The van der Waals surface area contributed by atoms with Crippen molar-refractivity contribution in [2.75, 3.05) is 5.32 Å². The summed E-state index contributed by atoms with van der Waals surface area (Å²) in [6.07, 6.45) is 2.15. The van der Waals surface area contributed by atoms with Gasteiger partial charge in [-0.05, 0) is 56.2 Å². The molecular weight excluding hydrogens is 262 g/mol. The van der Waals surface area contributed by atoms with Gasteiger partial charge in [0.1, 0.15) is 17.5 Å². The molecule has 0 aliphatic carbocycles. The van der Waals surface area contributed by atoms with Crippen molar-refractivity contribution in [2.24, 2.45) is 7.05 Å². The fourth-order valence-electron chi connectivity index (χ4n) is 2.22. The molecule has 2 rings (SSSR count). The van der Waals surface area contributed by atoms with Gasteiger partial charge >= 0.3 is 0 Å². The normalized spacial score (nSPS) is 10.5. The number of nitrogens with one attached hydrogen (secondary N) is 1. The highest BCUT2D eigenvalue weighted by atomic mass is 16.5. The first-order valence-electron chi connectivity index (χ1n) is 7.06. The van der Waals surface area contributed by atoms with Crippen LogP contribution in [0.1, 0.15) is 30.7 Å². The van der Waals surface area contributed by atoms with Gasteiger partial charge < -0.3 is 14.6 Å². The van der Waals surface area contributed by atoms with E-state index in [0.29, 0.717) is 12.2 Å². The highest BCUT2D eigenvalue weighted by Crippen LogP contribution is 2.23. The molecule has 0 spiro atoms. The van der Waals surface area contributed by atoms with E-state index in [4.69, 9.17) is 10.00 Å². The van der Waals surface area contributed by atoms with E-state index >= 15 is 0 Å². The fourth-order valence-corrected chi connectivity index (χ4v) is 2.22. The first-order valence-corrected chi connectivity index (χ1v) is 7.06. The molecule has 0 saturated heterocycles. The second-order valence-electron chi connectivity index (χ2n) is 5.45. The summed E-state index contributed by atoms with van der Waals surface area (Å²) in [5.74, 6) is 0.888. The van der Waals surface area contributed by atoms with Gasteiger partial charge in [-0.25, -0.2) is 0 Å². The number of hydrogen-bond donors (Lipinski definition) is 1. The zero-order chi connectivity index (χ0) is 15.4. The van der Waals surface area contributed by atoms with Gasteiger partial charge in [-0.15, -0.1) is 0 Å². The second kappa shape index (κ2) is 6.36. The molecule has 0 atom stereocenters. The van der Waals surface area contributed by atoms with Crippen molar-refractivity contribution in [1.82, 2.24) is 4.57 Å². The number of ether oxygens (including phenoxy) is 1. The minimum Gasteiger partial charge on any atom is -0.491 e. The molecule has 0 unspecified atom stereocenters. The van der Waals surface area contributed by atoms with Crippen molar-refractivity contribution in [3.05, 3.63) is 47.3 Å². The summed E-state index contributed by atoms with van der Waals surface area (Å²) in [4.78, 5) is 0. The highest BCUT2D eigenvalue weighted by molar-refractivity contribution is 5.54. The van der Waals surface area contributed by atoms with Crippen LogP contribution in [0.4, 0.5) is 5.69 Å². The molecule has 0 bridgehead atoms. The number of aromatic nitrogens is 1. The Kier molecular flexibility index (Phi) is 4.54. The molecule has 21 heavy (non-hydrogen) atoms. The molecule has 1 aromatic carbocycles. The number of benzene rings is 1. The van der Waals surface area contributed by atoms with Gasteiger partial charge in [-0.1, -0.05) is 0 Å². The maximum Gasteiger partial charge on any atom is 0.120 e. The number of rotatable bonds is 5. The van der Waals surface area contributed by atoms with E-state index in [1.54, 1.807) is 0 Å². The molecule has 0 saturated carbocycles. The first-order chi connectivity index (χ1) is 9.99. The van der Waals surface area contributed by atoms with Gasteiger partial charge in [0.2, 0.25) is 0 Å². The number of nitrogens with zero attached hydrogens (tertiary/aromatic N) is 2. The predicted octanol–water partition coefficient (Wildman–Crippen LogP) is 3.60. The van der Waals surface area contributed by atoms with E-state index in [9.17, 15) is 0 Å². The molecule has 0 amide bonds. The summed E-state index contributed by atoms with van der Waals surface area (Å²) in [5.41, 5.74) is 3.98. The minimum absolute atomic E-state index is 0.178. The Hall–Kier alpha value is -2.41. The Morgan fingerprint density at radius 1 is 1.33 bits per heavy atom. The Morgan fingerprint density at radius 3 is 2.67 bits per heavy atom. The van der Waals surface area contributed by atoms with Crippen LogP contribution >= 0.6 is 0 Å². The van der Waals surface area contributed by atoms with Crippen molar-refractivity contribution in [1.29, 1.82) is 5.26 Å². The summed E-state index contributed by atoms with van der Waals surface area (Å²) in [6, 6.07) is 10.1. The Morgan fingerprint density at radius 2 is 2.10 bits per heavy atom. The third-order valence-electron chi connectivity index (χ3n) is 3.23. The van der Waals surface area contributed by atoms with E-state index in [1.165, 1.54) is 0 Å². The Bertz CT molecular complexity index is 665. The lowest BCUT2D eigenvalue weighted by molar-refractivity contribution is 0.242. The van der Waals surface area contributed by atoms with Crippen LogP contribution in [-0.4, -0.2) is 10.7 Å². The van der Waals surface area contributed by atoms with Crippen molar-refractivity contribution in [3.8, 4) is 11.8 Å². The van der Waals surface area contributed by atoms with Crippen LogP contribution in [-0.2, 0) is 13.6 Å². The topological polar surface area (TPSA) is 50.0 Å². The average molecular weight is 283 g/mol. The van der Waals surface area contributed by atoms with Crippen molar-refractivity contribution in [2.45, 2.75) is 33.4 Å². The number of anilines is 1. The molecule has 0 aliphatic rings. The molecule has 0 radical (unpaired) electrons. The van der Waals surface area contributed by atoms with Crippen LogP contribution < -0.4 is 10.1 Å². The van der Waals surface area contributed by atoms with E-state index in [0.717, 1.165) is 22.6 Å². The lowest BCUT2D eigenvalue weighted by Crippen LogP contribution is -2.06. The largest absolute Gasteiger partial charge is 0.491 e. The summed E-state index contributed by atoms with van der Waals surface area (Å²) in [7, 11) is 1.88. The maximum atomic E-state index is 8.96. The van der Waals surface area contributed by atoms with Crippen molar-refractivity contribution in [3.63, 3.8) is 0 Å². The van der Waals surface area contributed by atoms with Crippen LogP contribution in [0.25, 0.3) is 0 Å². The lowest BCUT2D eigenvalue weighted by Gasteiger charge is -2.13. The molecular formula is C17H21N3O. The summed E-state index contributed by atoms with van der Waals surface area (Å²) in [6.45, 7) is 6.79. The van der Waals surface area contributed by atoms with Crippen molar-refractivity contribution >= 4 is 5.69 Å². The molecule has 1 aromatic heterocycles. The fraction of sp³-hybridized carbons (Fsp3) is 0.353. The summed E-state index contributed by atoms with van der Waals surface area (Å²) in [5, 5.41) is 12.4. The van der Waals surface area contributed by atoms with Crippen LogP contribution in [0.15, 0.2) is 30.5 Å². The third kappa shape index (κ3) is 3.79. The highest BCUT2D eigenvalue weighted by Gasteiger charge is 2.05. The maximum absolute atomic E-state index is 8.96. The number of hydrogen-bond acceptors (Lipinski definition) is 3. The second-order valence-corrected chi connectivity index (χ2v) is 5.45. The van der Waals surface area contributed by atoms with Crippen LogP contribution in [0.5, 0.6) is 5.75 Å². The van der Waals surface area contributed by atoms with Crippen LogP contribution in [0.2, 0.25) is 0 Å². The van der Waals surface area contributed by atoms with E-state index in [1.807, 2.05) is 55.9 Å². The van der Waals surface area contributed by atoms with Gasteiger partial charge in [0.05, 0.1) is 6.10 Å². The molecule has 4 heteroatoms. The zero-order valence-corrected chi connectivity index (χ0v) is 13.0. The molecule has 0 aliphatic heterocycles. The van der Waals surface area contributed by atoms with Gasteiger partial charge in [0.25, 0.3) is 0 Å². The standard InChI is InChI=1S/C17H21N3O/c1-12(2)21-16-5-6-17(13(3)7-16)19-10-14-8-15(9-18)20(4)11-14/h5-8,11-12,19H,10H2,1-4H3. The molecule has 1 N–H and O–H groups in total. The minimum atomic E-state index is 0.178. The van der Waals surface area contributed by atoms with E-state index < -0.39 is 0 Å². The number of nitriles is 1. The first kappa shape index (κ1) is 15.0. The van der Waals surface area contributed by atoms with Gasteiger partial charge in [0.15, 0.2) is 0 Å². The van der Waals surface area contributed by atoms with Gasteiger partial charge in [-0.2, -0.15) is 5.26 Å². The SMILES string of the molecule is Cc1cc(OC(C)C)ccc1NCc1cc(C#N)n(C)c1. The Balaban J connectivity index is 2.04. The van der Waals surface area contributed by atoms with Crippen molar-refractivity contribution < 1.29 is 4.74 Å². The molecule has 2 aromatic rings. The Labute approximate surface area is 126 Å². The summed E-state index contributed by atoms with van der Waals surface area (Å²) >= 11 is 0. The lowest BCUT2D eigenvalue weighted by atomic mass is 10.2. The molecule has 110 valence electrons. The summed E-state index contributed by atoms with van der Waals surface area (Å²) < 4.78 is 7.52. The van der Waals surface area contributed by atoms with Gasteiger partial charge in [0, 0.05) is 25.5 Å². The molecule has 4 nitrogen and oxygen atoms in total. The van der Waals surface area contributed by atoms with Crippen LogP contribution in [0.3, 0.4) is 0 Å². The average Bonchev–Trinajstić information content (AvgIpc) is 2.77. The predicted molar refractivity (Wildman–Crippen MR) is 84.4 cm³/mol. The quantitative estimate of drug-likeness (QED) is 0.912. The number of aryl methyl sites for hydroxylation is 2. The van der Waals surface area contributed by atoms with Gasteiger partial charge in [-0.3, -0.25) is 0 Å². The zero-order valence-electron chi connectivity index (χ0n) is 13.0. The smallest absolute Gasteiger partial charge is 0.120 e. The monoisotopic (exact) mass is 283 g/mol. The third-order valence-corrected chi connectivity index (χ3v) is 3.23. The van der Waals surface area contributed by atoms with E-state index in [-0.39, 0.29) is 6.10 Å². The molecule has 1 heterocycles. The van der Waals surface area contributed by atoms with Crippen LogP contribution in [0, 0.1) is 18.3 Å².